The summed E-state index contributed by atoms with van der Waals surface area (Å²) in [5, 5.41) is 13.6. The molecule has 3 aliphatic heterocycles. The Labute approximate surface area is 362 Å². The lowest BCUT2D eigenvalue weighted by Gasteiger charge is -2.36. The van der Waals surface area contributed by atoms with Crippen LogP contribution in [0, 0.1) is 17.8 Å². The number of ether oxygens (including phenoxy) is 1. The summed E-state index contributed by atoms with van der Waals surface area (Å²) >= 11 is 0. The van der Waals surface area contributed by atoms with Crippen molar-refractivity contribution in [3.8, 4) is 11.8 Å². The quantitative estimate of drug-likeness (QED) is 0.155. The second-order valence-electron chi connectivity index (χ2n) is 17.2. The summed E-state index contributed by atoms with van der Waals surface area (Å²) in [6.07, 6.45) is 7.64. The molecule has 3 amide bonds. The van der Waals surface area contributed by atoms with Crippen LogP contribution in [0.2, 0.25) is 0 Å². The number of carbonyl (C=O) groups is 3. The number of alkyl halides is 2. The maximum absolute atomic E-state index is 14.3. The Bertz CT molecular complexity index is 2630. The lowest BCUT2D eigenvalue weighted by atomic mass is 9.85. The Hall–Kier alpha value is -5.97. The first-order valence-corrected chi connectivity index (χ1v) is 21.8. The molecular weight excluding hydrogens is 815 g/mol. The number of aryl methyl sites for hydroxylation is 1. The summed E-state index contributed by atoms with van der Waals surface area (Å²) in [6, 6.07) is 6.50. The van der Waals surface area contributed by atoms with E-state index in [2.05, 4.69) is 54.4 Å². The molecule has 0 bridgehead atoms. The molecule has 1 saturated carbocycles. The number of piperazine rings is 1. The third kappa shape index (κ3) is 8.84. The Kier molecular flexibility index (Phi) is 12.1. The maximum Gasteiger partial charge on any atom is 0.329 e. The van der Waals surface area contributed by atoms with Gasteiger partial charge < -0.3 is 24.8 Å². The number of fused-ring (bicyclic) bond motifs is 2. The number of imide groups is 1. The van der Waals surface area contributed by atoms with Crippen molar-refractivity contribution in [2.24, 2.45) is 13.0 Å². The summed E-state index contributed by atoms with van der Waals surface area (Å²) in [4.78, 5) is 62.7. The van der Waals surface area contributed by atoms with Crippen LogP contribution in [0.15, 0.2) is 47.7 Å². The lowest BCUT2D eigenvalue weighted by Crippen LogP contribution is -2.44. The number of piperidine rings is 2. The van der Waals surface area contributed by atoms with Gasteiger partial charge in [0.2, 0.25) is 11.8 Å². The number of likely N-dealkylation sites (N-methyl/N-ethyl adjacent to an activating group) is 1. The SMILES string of the molecule is CN1CCN(c2ccn3ncc(C(=O)Nc4cn([C@H]5CC[C@H](CN6CCC(OCC#Cc7cccc8c7n(C)c(=O)n8C7CCC(=O)NC7=O)CC6)CC5)nc4C(F)F)c3n2)CC1. The molecule has 1 unspecified atom stereocenters. The van der Waals surface area contributed by atoms with E-state index in [1.54, 1.807) is 24.0 Å². The molecule has 9 rings (SSSR count). The highest BCUT2D eigenvalue weighted by Crippen LogP contribution is 2.36. The van der Waals surface area contributed by atoms with Gasteiger partial charge in [-0.1, -0.05) is 17.9 Å². The van der Waals surface area contributed by atoms with Gasteiger partial charge in [-0.2, -0.15) is 10.2 Å². The van der Waals surface area contributed by atoms with Crippen molar-refractivity contribution >= 4 is 45.9 Å². The molecule has 19 heteroatoms. The van der Waals surface area contributed by atoms with Crippen LogP contribution in [0.5, 0.6) is 0 Å². The van der Waals surface area contributed by atoms with Crippen LogP contribution in [0.3, 0.4) is 0 Å². The van der Waals surface area contributed by atoms with Crippen LogP contribution in [0.4, 0.5) is 20.3 Å². The molecule has 332 valence electrons. The van der Waals surface area contributed by atoms with Crippen molar-refractivity contribution in [3.05, 3.63) is 70.2 Å². The van der Waals surface area contributed by atoms with Gasteiger partial charge in [0, 0.05) is 71.7 Å². The van der Waals surface area contributed by atoms with Gasteiger partial charge in [0.15, 0.2) is 11.3 Å². The van der Waals surface area contributed by atoms with Gasteiger partial charge in [0.05, 0.1) is 40.6 Å². The molecule has 0 spiro atoms. The highest BCUT2D eigenvalue weighted by molar-refractivity contribution is 6.08. The first-order valence-electron chi connectivity index (χ1n) is 21.8. The van der Waals surface area contributed by atoms with Crippen molar-refractivity contribution in [3.63, 3.8) is 0 Å². The zero-order chi connectivity index (χ0) is 43.8. The standard InChI is InChI=1S/C44H52F2N12O5/c1-52-20-22-55(23-21-52)36-16-19-56-41(49-36)32(25-47-56)42(60)48-33-27-57(51-38(33)40(45)46)30-10-8-28(9-11-30)26-54-17-14-31(15-18-54)63-24-4-6-29-5-3-7-34-39(29)53(2)44(62)58(34)35-12-13-37(59)50-43(35)61/h3,5,7,16,19,25,27-28,30-31,35,40H,8-15,17-18,20-24,26H2,1-2H3,(H,48,60)(H,50,59,61)/t28-,30-,35?. The van der Waals surface area contributed by atoms with Crippen LogP contribution in [0.25, 0.3) is 16.7 Å². The average molecular weight is 867 g/mol. The molecule has 4 fully saturated rings. The fourth-order valence-corrected chi connectivity index (χ4v) is 9.55. The van der Waals surface area contributed by atoms with E-state index in [1.807, 2.05) is 18.2 Å². The summed E-state index contributed by atoms with van der Waals surface area (Å²) in [5.74, 6) is 6.13. The molecular formula is C44H52F2N12O5. The second-order valence-corrected chi connectivity index (χ2v) is 17.2. The normalized spacial score (nSPS) is 21.9. The molecule has 3 saturated heterocycles. The molecule has 4 aromatic heterocycles. The zero-order valence-corrected chi connectivity index (χ0v) is 35.5. The van der Waals surface area contributed by atoms with Gasteiger partial charge in [-0.3, -0.25) is 33.5 Å². The van der Waals surface area contributed by atoms with Crippen LogP contribution >= 0.6 is 0 Å². The number of para-hydroxylation sites is 1. The number of benzene rings is 1. The van der Waals surface area contributed by atoms with Crippen LogP contribution in [-0.2, 0) is 21.4 Å². The summed E-state index contributed by atoms with van der Waals surface area (Å²) < 4.78 is 40.8. The van der Waals surface area contributed by atoms with Crippen molar-refractivity contribution in [1.82, 2.24) is 48.6 Å². The molecule has 7 heterocycles. The molecule has 2 N–H and O–H groups in total. The van der Waals surface area contributed by atoms with E-state index < -0.39 is 30.0 Å². The van der Waals surface area contributed by atoms with Gasteiger partial charge in [-0.15, -0.1) is 0 Å². The predicted molar refractivity (Wildman–Crippen MR) is 230 cm³/mol. The number of rotatable bonds is 10. The molecule has 1 atom stereocenters. The average Bonchev–Trinajstić information content (AvgIpc) is 3.98. The van der Waals surface area contributed by atoms with Gasteiger partial charge >= 0.3 is 5.69 Å². The largest absolute Gasteiger partial charge is 0.365 e. The van der Waals surface area contributed by atoms with E-state index in [9.17, 15) is 28.0 Å². The topological polar surface area (TPSA) is 169 Å². The Morgan fingerprint density at radius 2 is 1.76 bits per heavy atom. The second kappa shape index (κ2) is 18.0. The number of hydrogen-bond donors (Lipinski definition) is 2. The Balaban J connectivity index is 0.748. The van der Waals surface area contributed by atoms with Crippen LogP contribution in [0.1, 0.15) is 91.5 Å². The monoisotopic (exact) mass is 866 g/mol. The minimum Gasteiger partial charge on any atom is -0.365 e. The fourth-order valence-electron chi connectivity index (χ4n) is 9.55. The van der Waals surface area contributed by atoms with Crippen molar-refractivity contribution in [2.75, 3.05) is 69.7 Å². The molecule has 5 aromatic rings. The van der Waals surface area contributed by atoms with Gasteiger partial charge in [-0.05, 0) is 76.1 Å². The molecule has 17 nitrogen and oxygen atoms in total. The van der Waals surface area contributed by atoms with E-state index in [4.69, 9.17) is 9.72 Å². The zero-order valence-electron chi connectivity index (χ0n) is 35.5. The molecule has 0 radical (unpaired) electrons. The van der Waals surface area contributed by atoms with E-state index >= 15 is 0 Å². The number of nitrogens with one attached hydrogen (secondary N) is 2. The van der Waals surface area contributed by atoms with Gasteiger partial charge in [0.25, 0.3) is 12.3 Å². The number of imidazole rings is 1. The molecule has 63 heavy (non-hydrogen) atoms. The fraction of sp³-hybridized carbons (Fsp3) is 0.523. The third-order valence-corrected chi connectivity index (χ3v) is 13.1. The first-order chi connectivity index (χ1) is 30.5. The smallest absolute Gasteiger partial charge is 0.329 e. The number of aromatic nitrogens is 7. The van der Waals surface area contributed by atoms with E-state index in [-0.39, 0.29) is 54.4 Å². The highest BCUT2D eigenvalue weighted by Gasteiger charge is 2.33. The molecule has 1 aliphatic carbocycles. The van der Waals surface area contributed by atoms with Gasteiger partial charge in [-0.25, -0.2) is 23.1 Å². The predicted octanol–water partition coefficient (Wildman–Crippen LogP) is 3.76. The number of carbonyl (C=O) groups excluding carboxylic acids is 3. The first kappa shape index (κ1) is 42.3. The number of amides is 3. The minimum absolute atomic E-state index is 0.00574. The number of nitrogens with zero attached hydrogens (tertiary/aromatic N) is 10. The molecule has 4 aliphatic rings. The molecule has 1 aromatic carbocycles. The number of halogens is 2. The Morgan fingerprint density at radius 3 is 2.51 bits per heavy atom. The Morgan fingerprint density at radius 1 is 0.984 bits per heavy atom. The van der Waals surface area contributed by atoms with E-state index in [0.717, 1.165) is 90.2 Å². The van der Waals surface area contributed by atoms with Crippen molar-refractivity contribution < 1.29 is 27.9 Å². The summed E-state index contributed by atoms with van der Waals surface area (Å²) in [6.45, 7) is 6.45. The number of likely N-dealkylation sites (tertiary alicyclic amines) is 1. The summed E-state index contributed by atoms with van der Waals surface area (Å²) in [5.41, 5.74) is 1.65. The van der Waals surface area contributed by atoms with Gasteiger partial charge in [0.1, 0.15) is 24.0 Å². The summed E-state index contributed by atoms with van der Waals surface area (Å²) in [7, 11) is 3.73. The van der Waals surface area contributed by atoms with Crippen LogP contribution in [-0.4, -0.2) is 127 Å². The van der Waals surface area contributed by atoms with Crippen molar-refractivity contribution in [2.45, 2.75) is 76.0 Å². The van der Waals surface area contributed by atoms with Crippen LogP contribution < -0.4 is 21.2 Å². The number of anilines is 2. The third-order valence-electron chi connectivity index (χ3n) is 13.1. The highest BCUT2D eigenvalue weighted by atomic mass is 19.3. The minimum atomic E-state index is -2.86. The lowest BCUT2D eigenvalue weighted by molar-refractivity contribution is -0.135. The maximum atomic E-state index is 14.3. The van der Waals surface area contributed by atoms with Crippen molar-refractivity contribution in [1.29, 1.82) is 0 Å². The number of hydrogen-bond acceptors (Lipinski definition) is 11. The van der Waals surface area contributed by atoms with E-state index in [1.165, 1.54) is 26.0 Å². The van der Waals surface area contributed by atoms with E-state index in [0.29, 0.717) is 28.2 Å².